The third kappa shape index (κ3) is 4.19. The summed E-state index contributed by atoms with van der Waals surface area (Å²) >= 11 is 0. The number of carbonyl (C=O) groups excluding carboxylic acids is 1. The van der Waals surface area contributed by atoms with E-state index in [1.54, 1.807) is 12.3 Å². The van der Waals surface area contributed by atoms with E-state index in [9.17, 15) is 13.6 Å². The minimum Gasteiger partial charge on any atom is -0.366 e. The molecule has 11 heteroatoms. The second-order valence-electron chi connectivity index (χ2n) is 7.04. The Balaban J connectivity index is 1.56. The summed E-state index contributed by atoms with van der Waals surface area (Å²) in [6, 6.07) is 2.04. The van der Waals surface area contributed by atoms with Crippen LogP contribution in [0.2, 0.25) is 0 Å². The van der Waals surface area contributed by atoms with Crippen LogP contribution in [0, 0.1) is 0 Å². The van der Waals surface area contributed by atoms with E-state index in [-0.39, 0.29) is 17.3 Å². The summed E-state index contributed by atoms with van der Waals surface area (Å²) < 4.78 is 28.9. The molecule has 1 aliphatic heterocycles. The number of aromatic nitrogens is 5. The Bertz CT molecular complexity index is 1010. The van der Waals surface area contributed by atoms with Gasteiger partial charge in [0, 0.05) is 32.0 Å². The fourth-order valence-corrected chi connectivity index (χ4v) is 3.41. The van der Waals surface area contributed by atoms with Gasteiger partial charge in [0.15, 0.2) is 11.3 Å². The molecule has 3 N–H and O–H groups in total. The number of carbonyl (C=O) groups is 1. The maximum atomic E-state index is 13.1. The minimum absolute atomic E-state index is 0.0364. The van der Waals surface area contributed by atoms with E-state index < -0.39 is 18.0 Å². The fraction of sp³-hybridized carbons (Fsp3) is 0.444. The topological polar surface area (TPSA) is 101 Å². The zero-order chi connectivity index (χ0) is 20.4. The highest BCUT2D eigenvalue weighted by Crippen LogP contribution is 2.26. The Morgan fingerprint density at radius 3 is 3.07 bits per heavy atom. The summed E-state index contributed by atoms with van der Waals surface area (Å²) in [6.45, 7) is 1.85. The molecule has 0 radical (unpaired) electrons. The van der Waals surface area contributed by atoms with Crippen LogP contribution in [-0.2, 0) is 7.05 Å². The number of fused-ring (bicyclic) bond motifs is 1. The standard InChI is InChI=1S/C18H22F2N8O/c1-27-10-13(15(26-27)16(19)20)24-18(29)12-9-22-28-7-5-14(25-17(12)28)23-11-4-2-3-6-21-8-11/h5,7,9-11,16,21H,2-4,6,8H2,1H3,(H,23,25)(H,24,29)/t11-/m0/s1. The number of hydrogen-bond donors (Lipinski definition) is 3. The molecule has 0 spiro atoms. The number of amides is 1. The van der Waals surface area contributed by atoms with Crippen molar-refractivity contribution in [3.05, 3.63) is 35.9 Å². The highest BCUT2D eigenvalue weighted by atomic mass is 19.3. The van der Waals surface area contributed by atoms with Gasteiger partial charge in [-0.05, 0) is 25.5 Å². The molecule has 1 aliphatic rings. The van der Waals surface area contributed by atoms with Gasteiger partial charge >= 0.3 is 0 Å². The minimum atomic E-state index is -2.79. The Hall–Kier alpha value is -3.08. The molecule has 29 heavy (non-hydrogen) atoms. The van der Waals surface area contributed by atoms with Crippen molar-refractivity contribution in [3.8, 4) is 0 Å². The number of nitrogens with zero attached hydrogens (tertiary/aromatic N) is 5. The van der Waals surface area contributed by atoms with Crippen LogP contribution in [0.5, 0.6) is 0 Å². The van der Waals surface area contributed by atoms with Crippen LogP contribution in [-0.4, -0.2) is 49.4 Å². The van der Waals surface area contributed by atoms with E-state index in [0.29, 0.717) is 11.5 Å². The van der Waals surface area contributed by atoms with Crippen molar-refractivity contribution in [1.29, 1.82) is 0 Å². The van der Waals surface area contributed by atoms with Crippen LogP contribution < -0.4 is 16.0 Å². The first kappa shape index (κ1) is 19.2. The van der Waals surface area contributed by atoms with E-state index >= 15 is 0 Å². The van der Waals surface area contributed by atoms with Crippen LogP contribution in [0.3, 0.4) is 0 Å². The van der Waals surface area contributed by atoms with Gasteiger partial charge in [-0.1, -0.05) is 6.42 Å². The number of rotatable bonds is 5. The first-order valence-electron chi connectivity index (χ1n) is 9.46. The Morgan fingerprint density at radius 2 is 2.24 bits per heavy atom. The molecule has 154 valence electrons. The van der Waals surface area contributed by atoms with Crippen LogP contribution >= 0.6 is 0 Å². The maximum Gasteiger partial charge on any atom is 0.284 e. The molecule has 4 heterocycles. The van der Waals surface area contributed by atoms with Crippen molar-refractivity contribution >= 4 is 23.1 Å². The summed E-state index contributed by atoms with van der Waals surface area (Å²) in [5.74, 6) is 0.0612. The lowest BCUT2D eigenvalue weighted by molar-refractivity contribution is 0.102. The van der Waals surface area contributed by atoms with Crippen LogP contribution in [0.4, 0.5) is 20.3 Å². The zero-order valence-electron chi connectivity index (χ0n) is 15.9. The van der Waals surface area contributed by atoms with Gasteiger partial charge in [-0.2, -0.15) is 10.2 Å². The van der Waals surface area contributed by atoms with Crippen molar-refractivity contribution in [2.75, 3.05) is 23.7 Å². The van der Waals surface area contributed by atoms with E-state index in [1.807, 2.05) is 0 Å². The summed E-state index contributed by atoms with van der Waals surface area (Å²) in [5.41, 5.74) is 0.0208. The van der Waals surface area contributed by atoms with Crippen molar-refractivity contribution in [2.45, 2.75) is 31.7 Å². The van der Waals surface area contributed by atoms with E-state index in [4.69, 9.17) is 0 Å². The van der Waals surface area contributed by atoms with Crippen molar-refractivity contribution in [3.63, 3.8) is 0 Å². The predicted octanol–water partition coefficient (Wildman–Crippen LogP) is 2.21. The van der Waals surface area contributed by atoms with Gasteiger partial charge in [0.05, 0.1) is 11.9 Å². The predicted molar refractivity (Wildman–Crippen MR) is 103 cm³/mol. The van der Waals surface area contributed by atoms with Gasteiger partial charge < -0.3 is 16.0 Å². The molecule has 1 atom stereocenters. The molecule has 4 rings (SSSR count). The average molecular weight is 404 g/mol. The van der Waals surface area contributed by atoms with Gasteiger partial charge in [0.1, 0.15) is 11.4 Å². The molecular formula is C18H22F2N8O. The number of nitrogens with one attached hydrogen (secondary N) is 3. The van der Waals surface area contributed by atoms with Crippen molar-refractivity contribution in [1.82, 2.24) is 29.7 Å². The van der Waals surface area contributed by atoms with E-state index in [2.05, 4.69) is 31.1 Å². The summed E-state index contributed by atoms with van der Waals surface area (Å²) in [5, 5.41) is 17.1. The van der Waals surface area contributed by atoms with Crippen LogP contribution in [0.1, 0.15) is 41.7 Å². The van der Waals surface area contributed by atoms with Gasteiger partial charge in [0.25, 0.3) is 12.3 Å². The Labute approximate surface area is 165 Å². The third-order valence-electron chi connectivity index (χ3n) is 4.82. The number of alkyl halides is 2. The Kier molecular flexibility index (Phi) is 5.38. The molecule has 3 aromatic heterocycles. The highest BCUT2D eigenvalue weighted by Gasteiger charge is 2.22. The van der Waals surface area contributed by atoms with Gasteiger partial charge in [-0.3, -0.25) is 9.48 Å². The molecule has 3 aromatic rings. The van der Waals surface area contributed by atoms with E-state index in [0.717, 1.165) is 32.4 Å². The van der Waals surface area contributed by atoms with Crippen LogP contribution in [0.25, 0.3) is 5.65 Å². The monoisotopic (exact) mass is 404 g/mol. The quantitative estimate of drug-likeness (QED) is 0.603. The molecule has 9 nitrogen and oxygen atoms in total. The molecule has 1 amide bonds. The van der Waals surface area contributed by atoms with Gasteiger partial charge in [-0.15, -0.1) is 0 Å². The van der Waals surface area contributed by atoms with Gasteiger partial charge in [-0.25, -0.2) is 18.3 Å². The van der Waals surface area contributed by atoms with Gasteiger partial charge in [0.2, 0.25) is 0 Å². The summed E-state index contributed by atoms with van der Waals surface area (Å²) in [4.78, 5) is 17.2. The second-order valence-corrected chi connectivity index (χ2v) is 7.04. The molecule has 0 aliphatic carbocycles. The van der Waals surface area contributed by atoms with E-state index in [1.165, 1.54) is 28.6 Å². The van der Waals surface area contributed by atoms with Crippen molar-refractivity contribution < 1.29 is 13.6 Å². The lowest BCUT2D eigenvalue weighted by atomic mass is 10.1. The molecule has 0 unspecified atom stereocenters. The number of anilines is 2. The third-order valence-corrected chi connectivity index (χ3v) is 4.82. The zero-order valence-corrected chi connectivity index (χ0v) is 15.9. The fourth-order valence-electron chi connectivity index (χ4n) is 3.41. The second kappa shape index (κ2) is 8.11. The molecular weight excluding hydrogens is 382 g/mol. The largest absolute Gasteiger partial charge is 0.366 e. The molecule has 1 saturated heterocycles. The molecule has 0 bridgehead atoms. The first-order chi connectivity index (χ1) is 14.0. The highest BCUT2D eigenvalue weighted by molar-refractivity contribution is 6.08. The molecule has 0 aromatic carbocycles. The lowest BCUT2D eigenvalue weighted by Gasteiger charge is -2.17. The first-order valence-corrected chi connectivity index (χ1v) is 9.46. The summed E-state index contributed by atoms with van der Waals surface area (Å²) in [7, 11) is 1.51. The molecule has 0 saturated carbocycles. The number of halogens is 2. The lowest BCUT2D eigenvalue weighted by Crippen LogP contribution is -2.31. The SMILES string of the molecule is Cn1cc(NC(=O)c2cnn3ccc(N[C@H]4CCCCNC4)nc23)c(C(F)F)n1. The van der Waals surface area contributed by atoms with Crippen LogP contribution in [0.15, 0.2) is 24.7 Å². The maximum absolute atomic E-state index is 13.1. The number of aryl methyl sites for hydroxylation is 1. The smallest absolute Gasteiger partial charge is 0.284 e. The van der Waals surface area contributed by atoms with Crippen molar-refractivity contribution in [2.24, 2.45) is 7.05 Å². The Morgan fingerprint density at radius 1 is 1.38 bits per heavy atom. The summed E-state index contributed by atoms with van der Waals surface area (Å²) in [6.07, 6.45) is 4.93. The molecule has 1 fully saturated rings. The average Bonchev–Trinajstić information content (AvgIpc) is 3.17. The number of hydrogen-bond acceptors (Lipinski definition) is 6. The normalized spacial score (nSPS) is 17.4.